The van der Waals surface area contributed by atoms with Crippen molar-refractivity contribution >= 4 is 39.1 Å². The van der Waals surface area contributed by atoms with Crippen LogP contribution in [0.4, 0.5) is 5.69 Å². The third-order valence-corrected chi connectivity index (χ3v) is 8.62. The van der Waals surface area contributed by atoms with E-state index in [1.54, 1.807) is 43.5 Å². The fourth-order valence-corrected chi connectivity index (χ4v) is 5.78. The lowest BCUT2D eigenvalue weighted by molar-refractivity contribution is -0.140. The van der Waals surface area contributed by atoms with Crippen molar-refractivity contribution in [2.45, 2.75) is 51.6 Å². The van der Waals surface area contributed by atoms with E-state index in [0.717, 1.165) is 15.4 Å². The van der Waals surface area contributed by atoms with Gasteiger partial charge in [0.05, 0.1) is 17.7 Å². The third kappa shape index (κ3) is 8.47. The molecule has 10 heteroatoms. The van der Waals surface area contributed by atoms with Crippen molar-refractivity contribution in [1.29, 1.82) is 0 Å². The number of carbonyl (C=O) groups excluding carboxylic acids is 2. The van der Waals surface area contributed by atoms with Crippen LogP contribution in [-0.4, -0.2) is 51.4 Å². The number of ether oxygens (including phenoxy) is 1. The van der Waals surface area contributed by atoms with E-state index in [-0.39, 0.29) is 23.3 Å². The third-order valence-electron chi connectivity index (χ3n) is 6.58. The van der Waals surface area contributed by atoms with Crippen LogP contribution in [0.25, 0.3) is 0 Å². The number of anilines is 1. The van der Waals surface area contributed by atoms with Gasteiger partial charge in [0, 0.05) is 18.1 Å². The molecular weight excluding hydrogens is 562 g/mol. The zero-order chi connectivity index (χ0) is 30.2. The van der Waals surface area contributed by atoms with E-state index < -0.39 is 28.5 Å². The summed E-state index contributed by atoms with van der Waals surface area (Å²) in [6.07, 6.45) is 0.348. The number of sulfonamides is 1. The first-order valence-corrected chi connectivity index (χ1v) is 15.3. The summed E-state index contributed by atoms with van der Waals surface area (Å²) in [5.74, 6) is 0.0904. The average Bonchev–Trinajstić information content (AvgIpc) is 2.95. The minimum Gasteiger partial charge on any atom is -0.497 e. The molecule has 1 N–H and O–H groups in total. The number of nitrogens with zero attached hydrogens (tertiary/aromatic N) is 2. The SMILES string of the molecule is CCC(C(=O)NCC(C)C)N(Cc1ccc(OC)cc1)C(=O)CN(c1ccc(C)cc1)S(=O)(=O)c1ccc(Cl)cc1. The molecule has 41 heavy (non-hydrogen) atoms. The van der Waals surface area contributed by atoms with Gasteiger partial charge in [-0.2, -0.15) is 0 Å². The summed E-state index contributed by atoms with van der Waals surface area (Å²) in [6, 6.07) is 19.1. The van der Waals surface area contributed by atoms with Gasteiger partial charge in [-0.1, -0.05) is 62.2 Å². The van der Waals surface area contributed by atoms with Crippen molar-refractivity contribution < 1.29 is 22.7 Å². The largest absolute Gasteiger partial charge is 0.497 e. The van der Waals surface area contributed by atoms with Crippen molar-refractivity contribution in [3.8, 4) is 5.75 Å². The molecule has 3 aromatic rings. The molecule has 0 aliphatic carbocycles. The Morgan fingerprint density at radius 1 is 0.951 bits per heavy atom. The van der Waals surface area contributed by atoms with Gasteiger partial charge in [-0.25, -0.2) is 8.42 Å². The Kier molecular flexibility index (Phi) is 11.2. The molecule has 0 saturated carbocycles. The van der Waals surface area contributed by atoms with Gasteiger partial charge in [-0.15, -0.1) is 0 Å². The fraction of sp³-hybridized carbons (Fsp3) is 0.355. The molecule has 0 heterocycles. The van der Waals surface area contributed by atoms with Crippen LogP contribution in [0.3, 0.4) is 0 Å². The van der Waals surface area contributed by atoms with Gasteiger partial charge >= 0.3 is 0 Å². The summed E-state index contributed by atoms with van der Waals surface area (Å²) in [4.78, 5) is 28.8. The first kappa shape index (κ1) is 32.0. The number of rotatable bonds is 13. The van der Waals surface area contributed by atoms with E-state index in [1.165, 1.54) is 29.2 Å². The van der Waals surface area contributed by atoms with E-state index in [2.05, 4.69) is 5.32 Å². The van der Waals surface area contributed by atoms with Crippen LogP contribution in [0.2, 0.25) is 5.02 Å². The standard InChI is InChI=1S/C31H38ClN3O5S/c1-6-29(31(37)33-19-22(2)3)34(20-24-9-15-27(40-5)16-10-24)30(36)21-35(26-13-7-23(4)8-14-26)41(38,39)28-17-11-25(32)12-18-28/h7-18,22,29H,6,19-21H2,1-5H3,(H,33,37). The Morgan fingerprint density at radius 3 is 2.10 bits per heavy atom. The van der Waals surface area contributed by atoms with E-state index >= 15 is 0 Å². The number of halogens is 1. The Bertz CT molecular complexity index is 1410. The highest BCUT2D eigenvalue weighted by molar-refractivity contribution is 7.92. The Labute approximate surface area is 248 Å². The van der Waals surface area contributed by atoms with Crippen molar-refractivity contribution in [1.82, 2.24) is 10.2 Å². The first-order chi connectivity index (χ1) is 19.5. The van der Waals surface area contributed by atoms with E-state index in [0.29, 0.717) is 29.4 Å². The summed E-state index contributed by atoms with van der Waals surface area (Å²) in [7, 11) is -2.59. The Morgan fingerprint density at radius 2 is 1.56 bits per heavy atom. The molecule has 1 atom stereocenters. The van der Waals surface area contributed by atoms with Crippen molar-refractivity contribution in [2.24, 2.45) is 5.92 Å². The number of methoxy groups -OCH3 is 1. The predicted octanol–water partition coefficient (Wildman–Crippen LogP) is 5.43. The zero-order valence-electron chi connectivity index (χ0n) is 24.1. The molecule has 0 saturated heterocycles. The molecule has 3 rings (SSSR count). The van der Waals surface area contributed by atoms with E-state index in [4.69, 9.17) is 16.3 Å². The molecule has 0 aliphatic rings. The predicted molar refractivity (Wildman–Crippen MR) is 163 cm³/mol. The second kappa shape index (κ2) is 14.4. The Hall–Kier alpha value is -3.56. The lowest BCUT2D eigenvalue weighted by atomic mass is 10.1. The summed E-state index contributed by atoms with van der Waals surface area (Å²) in [6.45, 7) is 7.77. The first-order valence-electron chi connectivity index (χ1n) is 13.5. The molecule has 1 unspecified atom stereocenters. The molecule has 0 fully saturated rings. The van der Waals surface area contributed by atoms with Crippen LogP contribution in [0.15, 0.2) is 77.7 Å². The van der Waals surface area contributed by atoms with Crippen molar-refractivity contribution in [3.05, 3.63) is 88.9 Å². The lowest BCUT2D eigenvalue weighted by Crippen LogP contribution is -2.52. The van der Waals surface area contributed by atoms with Gasteiger partial charge in [0.1, 0.15) is 18.3 Å². The molecule has 3 aromatic carbocycles. The van der Waals surface area contributed by atoms with Gasteiger partial charge < -0.3 is 15.0 Å². The maximum Gasteiger partial charge on any atom is 0.264 e. The molecule has 0 radical (unpaired) electrons. The highest BCUT2D eigenvalue weighted by Gasteiger charge is 2.33. The zero-order valence-corrected chi connectivity index (χ0v) is 25.7. The molecule has 0 bridgehead atoms. The Balaban J connectivity index is 2.03. The van der Waals surface area contributed by atoms with Crippen molar-refractivity contribution in [2.75, 3.05) is 24.5 Å². The topological polar surface area (TPSA) is 96.0 Å². The maximum atomic E-state index is 14.1. The number of carbonyl (C=O) groups is 2. The van der Waals surface area contributed by atoms with Crippen LogP contribution in [0.5, 0.6) is 5.75 Å². The van der Waals surface area contributed by atoms with Gasteiger partial charge in [-0.05, 0) is 73.4 Å². The maximum absolute atomic E-state index is 14.1. The van der Waals surface area contributed by atoms with Gasteiger partial charge in [0.15, 0.2) is 0 Å². The highest BCUT2D eigenvalue weighted by atomic mass is 35.5. The smallest absolute Gasteiger partial charge is 0.264 e. The van der Waals surface area contributed by atoms with Crippen LogP contribution in [-0.2, 0) is 26.2 Å². The molecular formula is C31H38ClN3O5S. The number of nitrogens with one attached hydrogen (secondary N) is 1. The van der Waals surface area contributed by atoms with Crippen LogP contribution in [0.1, 0.15) is 38.3 Å². The number of aryl methyl sites for hydroxylation is 1. The van der Waals surface area contributed by atoms with Crippen molar-refractivity contribution in [3.63, 3.8) is 0 Å². The van der Waals surface area contributed by atoms with Gasteiger partial charge in [0.2, 0.25) is 11.8 Å². The summed E-state index contributed by atoms with van der Waals surface area (Å²) < 4.78 is 34.1. The molecule has 2 amide bonds. The number of benzene rings is 3. The molecule has 0 aliphatic heterocycles. The quantitative estimate of drug-likeness (QED) is 0.283. The second-order valence-corrected chi connectivity index (χ2v) is 12.5. The second-order valence-electron chi connectivity index (χ2n) is 10.2. The normalized spacial score (nSPS) is 12.1. The fourth-order valence-electron chi connectivity index (χ4n) is 4.24. The van der Waals surface area contributed by atoms with Crippen LogP contribution >= 0.6 is 11.6 Å². The summed E-state index contributed by atoms with van der Waals surface area (Å²) >= 11 is 6.01. The molecule has 0 spiro atoms. The summed E-state index contributed by atoms with van der Waals surface area (Å²) in [5.41, 5.74) is 2.05. The lowest BCUT2D eigenvalue weighted by Gasteiger charge is -2.33. The highest BCUT2D eigenvalue weighted by Crippen LogP contribution is 2.26. The number of hydrogen-bond acceptors (Lipinski definition) is 5. The molecule has 220 valence electrons. The van der Waals surface area contributed by atoms with Crippen LogP contribution < -0.4 is 14.4 Å². The molecule has 0 aromatic heterocycles. The van der Waals surface area contributed by atoms with Gasteiger partial charge in [0.25, 0.3) is 10.0 Å². The van der Waals surface area contributed by atoms with E-state index in [1.807, 2.05) is 39.8 Å². The molecule has 8 nitrogen and oxygen atoms in total. The minimum atomic E-state index is -4.16. The number of hydrogen-bond donors (Lipinski definition) is 1. The minimum absolute atomic E-state index is 0.00121. The number of amides is 2. The van der Waals surface area contributed by atoms with Crippen LogP contribution in [0, 0.1) is 12.8 Å². The monoisotopic (exact) mass is 599 g/mol. The van der Waals surface area contributed by atoms with Gasteiger partial charge in [-0.3, -0.25) is 13.9 Å². The summed E-state index contributed by atoms with van der Waals surface area (Å²) in [5, 5.41) is 3.32. The average molecular weight is 600 g/mol. The van der Waals surface area contributed by atoms with E-state index in [9.17, 15) is 18.0 Å².